The number of aromatic nitrogens is 2. The van der Waals surface area contributed by atoms with Gasteiger partial charge in [-0.15, -0.1) is 11.3 Å². The quantitative estimate of drug-likeness (QED) is 0.410. The van der Waals surface area contributed by atoms with E-state index in [4.69, 9.17) is 9.72 Å². The van der Waals surface area contributed by atoms with Gasteiger partial charge in [0.25, 0.3) is 5.91 Å². The molecule has 0 bridgehead atoms. The van der Waals surface area contributed by atoms with Crippen molar-refractivity contribution in [2.24, 2.45) is 0 Å². The molecule has 1 aromatic carbocycles. The summed E-state index contributed by atoms with van der Waals surface area (Å²) in [5.74, 6) is 0.830. The molecule has 4 rings (SSSR count). The van der Waals surface area contributed by atoms with E-state index in [2.05, 4.69) is 6.92 Å². The first-order valence-corrected chi connectivity index (χ1v) is 11.6. The Balaban J connectivity index is 1.49. The SMILES string of the molecule is CCCCCCCCCN1C(=O)C(C)Oc2ccc(-c3cn4ccsc4n3)cc21. The molecule has 1 aliphatic heterocycles. The summed E-state index contributed by atoms with van der Waals surface area (Å²) >= 11 is 1.62. The Labute approximate surface area is 176 Å². The monoisotopic (exact) mass is 411 g/mol. The van der Waals surface area contributed by atoms with Crippen LogP contribution in [-0.4, -0.2) is 27.9 Å². The number of rotatable bonds is 9. The van der Waals surface area contributed by atoms with Crippen LogP contribution in [0.15, 0.2) is 36.0 Å². The zero-order chi connectivity index (χ0) is 20.2. The normalized spacial score (nSPS) is 16.3. The summed E-state index contributed by atoms with van der Waals surface area (Å²) in [6.07, 6.45) is 12.2. The summed E-state index contributed by atoms with van der Waals surface area (Å²) in [5, 5.41) is 2.02. The molecule has 0 saturated heterocycles. The van der Waals surface area contributed by atoms with Crippen molar-refractivity contribution in [2.45, 2.75) is 64.9 Å². The molecule has 154 valence electrons. The highest BCUT2D eigenvalue weighted by Crippen LogP contribution is 2.37. The zero-order valence-electron chi connectivity index (χ0n) is 17.3. The fourth-order valence-corrected chi connectivity index (χ4v) is 4.59. The second-order valence-electron chi connectivity index (χ2n) is 7.77. The molecule has 0 aliphatic carbocycles. The van der Waals surface area contributed by atoms with Gasteiger partial charge in [0, 0.05) is 29.9 Å². The van der Waals surface area contributed by atoms with E-state index in [0.717, 1.165) is 47.0 Å². The number of carbonyl (C=O) groups is 1. The maximum atomic E-state index is 12.8. The van der Waals surface area contributed by atoms with Gasteiger partial charge >= 0.3 is 0 Å². The number of amides is 1. The van der Waals surface area contributed by atoms with Gasteiger partial charge in [-0.05, 0) is 31.5 Å². The maximum Gasteiger partial charge on any atom is 0.267 e. The lowest BCUT2D eigenvalue weighted by Gasteiger charge is -2.33. The van der Waals surface area contributed by atoms with E-state index < -0.39 is 6.10 Å². The second-order valence-corrected chi connectivity index (χ2v) is 8.65. The molecule has 0 N–H and O–H groups in total. The number of nitrogens with zero attached hydrogens (tertiary/aromatic N) is 3. The molecule has 6 heteroatoms. The van der Waals surface area contributed by atoms with Gasteiger partial charge < -0.3 is 9.64 Å². The van der Waals surface area contributed by atoms with Crippen LogP contribution in [0.2, 0.25) is 0 Å². The van der Waals surface area contributed by atoms with Gasteiger partial charge in [0.2, 0.25) is 0 Å². The Kier molecular flexibility index (Phi) is 6.19. The van der Waals surface area contributed by atoms with E-state index in [1.165, 1.54) is 32.1 Å². The van der Waals surface area contributed by atoms with Crippen molar-refractivity contribution in [3.63, 3.8) is 0 Å². The van der Waals surface area contributed by atoms with E-state index in [1.54, 1.807) is 11.3 Å². The first kappa shape index (κ1) is 20.0. The van der Waals surface area contributed by atoms with E-state index in [0.29, 0.717) is 0 Å². The summed E-state index contributed by atoms with van der Waals surface area (Å²) in [7, 11) is 0. The minimum absolute atomic E-state index is 0.0476. The molecule has 2 aromatic heterocycles. The highest BCUT2D eigenvalue weighted by molar-refractivity contribution is 7.15. The first-order chi connectivity index (χ1) is 14.2. The molecule has 1 aliphatic rings. The lowest BCUT2D eigenvalue weighted by atomic mass is 10.1. The topological polar surface area (TPSA) is 46.8 Å². The third-order valence-corrected chi connectivity index (χ3v) is 6.31. The Morgan fingerprint density at radius 2 is 1.93 bits per heavy atom. The summed E-state index contributed by atoms with van der Waals surface area (Å²) in [6.45, 7) is 4.82. The number of unbranched alkanes of at least 4 members (excludes halogenated alkanes) is 6. The number of ether oxygens (including phenoxy) is 1. The molecule has 1 atom stereocenters. The predicted octanol–water partition coefficient (Wildman–Crippen LogP) is 5.93. The van der Waals surface area contributed by atoms with Crippen molar-refractivity contribution in [3.05, 3.63) is 36.0 Å². The van der Waals surface area contributed by atoms with Gasteiger partial charge in [0.15, 0.2) is 11.1 Å². The van der Waals surface area contributed by atoms with Crippen LogP contribution >= 0.6 is 11.3 Å². The molecule has 3 aromatic rings. The molecular formula is C23H29N3O2S. The number of thiazole rings is 1. The summed E-state index contributed by atoms with van der Waals surface area (Å²) < 4.78 is 7.89. The van der Waals surface area contributed by atoms with Crippen LogP contribution in [0.3, 0.4) is 0 Å². The molecule has 1 amide bonds. The highest BCUT2D eigenvalue weighted by atomic mass is 32.1. The van der Waals surface area contributed by atoms with E-state index in [-0.39, 0.29) is 5.91 Å². The molecule has 5 nitrogen and oxygen atoms in total. The van der Waals surface area contributed by atoms with Gasteiger partial charge in [0.05, 0.1) is 11.4 Å². The first-order valence-electron chi connectivity index (χ1n) is 10.7. The number of carbonyl (C=O) groups excluding carboxylic acids is 1. The van der Waals surface area contributed by atoms with Crippen molar-refractivity contribution in [1.82, 2.24) is 9.38 Å². The minimum Gasteiger partial charge on any atom is -0.479 e. The van der Waals surface area contributed by atoms with Crippen molar-refractivity contribution in [2.75, 3.05) is 11.4 Å². The summed E-state index contributed by atoms with van der Waals surface area (Å²) in [5.41, 5.74) is 2.80. The maximum absolute atomic E-state index is 12.8. The molecule has 0 saturated carbocycles. The fraction of sp³-hybridized carbons (Fsp3) is 0.478. The van der Waals surface area contributed by atoms with Crippen molar-refractivity contribution >= 4 is 27.9 Å². The van der Waals surface area contributed by atoms with E-state index in [9.17, 15) is 4.79 Å². The van der Waals surface area contributed by atoms with Gasteiger partial charge in [0.1, 0.15) is 5.75 Å². The number of fused-ring (bicyclic) bond motifs is 2. The van der Waals surface area contributed by atoms with Gasteiger partial charge in [-0.1, -0.05) is 45.4 Å². The van der Waals surface area contributed by atoms with Crippen LogP contribution in [0.4, 0.5) is 5.69 Å². The number of anilines is 1. The molecular weight excluding hydrogens is 382 g/mol. The predicted molar refractivity (Wildman–Crippen MR) is 119 cm³/mol. The van der Waals surface area contributed by atoms with Gasteiger partial charge in [-0.2, -0.15) is 0 Å². The second kappa shape index (κ2) is 8.99. The minimum atomic E-state index is -0.434. The molecule has 29 heavy (non-hydrogen) atoms. The summed E-state index contributed by atoms with van der Waals surface area (Å²) in [6, 6.07) is 6.05. The van der Waals surface area contributed by atoms with Crippen molar-refractivity contribution < 1.29 is 9.53 Å². The van der Waals surface area contributed by atoms with Crippen LogP contribution in [-0.2, 0) is 4.79 Å². The number of hydrogen-bond acceptors (Lipinski definition) is 4. The average molecular weight is 412 g/mol. The van der Waals surface area contributed by atoms with Crippen LogP contribution in [0.1, 0.15) is 58.8 Å². The zero-order valence-corrected chi connectivity index (χ0v) is 18.1. The van der Waals surface area contributed by atoms with Gasteiger partial charge in [-0.25, -0.2) is 4.98 Å². The molecule has 0 radical (unpaired) electrons. The largest absolute Gasteiger partial charge is 0.479 e. The Bertz CT molecular complexity index is 949. The third kappa shape index (κ3) is 4.32. The van der Waals surface area contributed by atoms with Crippen molar-refractivity contribution in [1.29, 1.82) is 0 Å². The van der Waals surface area contributed by atoms with Crippen LogP contribution < -0.4 is 9.64 Å². The molecule has 1 unspecified atom stereocenters. The molecule has 0 fully saturated rings. The lowest BCUT2D eigenvalue weighted by molar-refractivity contribution is -0.125. The summed E-state index contributed by atoms with van der Waals surface area (Å²) in [4.78, 5) is 20.4. The standard InChI is InChI=1S/C23H29N3O2S/c1-3-4-5-6-7-8-9-12-26-20-15-18(10-11-21(20)28-17(2)22(26)27)19-16-25-13-14-29-23(25)24-19/h10-11,13-17H,3-9,12H2,1-2H3. The van der Waals surface area contributed by atoms with E-state index in [1.807, 2.05) is 52.2 Å². The van der Waals surface area contributed by atoms with Crippen molar-refractivity contribution in [3.8, 4) is 17.0 Å². The average Bonchev–Trinajstić information content (AvgIpc) is 3.32. The Morgan fingerprint density at radius 1 is 1.14 bits per heavy atom. The Hall–Kier alpha value is -2.34. The number of hydrogen-bond donors (Lipinski definition) is 0. The molecule has 3 heterocycles. The Morgan fingerprint density at radius 3 is 2.72 bits per heavy atom. The number of imidazole rings is 1. The lowest BCUT2D eigenvalue weighted by Crippen LogP contribution is -2.44. The van der Waals surface area contributed by atoms with Gasteiger partial charge in [-0.3, -0.25) is 9.20 Å². The molecule has 0 spiro atoms. The van der Waals surface area contributed by atoms with E-state index >= 15 is 0 Å². The van der Waals surface area contributed by atoms with Crippen LogP contribution in [0.25, 0.3) is 16.2 Å². The van der Waals surface area contributed by atoms with Crippen LogP contribution in [0.5, 0.6) is 5.75 Å². The van der Waals surface area contributed by atoms with Crippen LogP contribution in [0, 0.1) is 0 Å². The smallest absolute Gasteiger partial charge is 0.267 e. The third-order valence-electron chi connectivity index (χ3n) is 5.54. The highest BCUT2D eigenvalue weighted by Gasteiger charge is 2.31. The number of benzene rings is 1. The fourth-order valence-electron chi connectivity index (χ4n) is 3.89.